The van der Waals surface area contributed by atoms with Gasteiger partial charge in [0.25, 0.3) is 0 Å². The van der Waals surface area contributed by atoms with E-state index in [2.05, 4.69) is 41.0 Å². The van der Waals surface area contributed by atoms with Crippen LogP contribution < -0.4 is 10.1 Å². The number of hydrogen-bond donors (Lipinski definition) is 1. The number of halogens is 1. The third-order valence-electron chi connectivity index (χ3n) is 4.86. The van der Waals surface area contributed by atoms with Crippen LogP contribution >= 0.6 is 11.6 Å². The molecule has 0 saturated carbocycles. The minimum absolute atomic E-state index is 0.0823. The van der Waals surface area contributed by atoms with Gasteiger partial charge in [0.1, 0.15) is 12.4 Å². The predicted molar refractivity (Wildman–Crippen MR) is 114 cm³/mol. The highest BCUT2D eigenvalue weighted by molar-refractivity contribution is 6.30. The van der Waals surface area contributed by atoms with Crippen LogP contribution in [0.1, 0.15) is 26.5 Å². The summed E-state index contributed by atoms with van der Waals surface area (Å²) in [7, 11) is 0. The summed E-state index contributed by atoms with van der Waals surface area (Å²) in [4.78, 5) is 16.8. The molecule has 0 spiro atoms. The molecule has 0 radical (unpaired) electrons. The van der Waals surface area contributed by atoms with E-state index in [0.29, 0.717) is 24.1 Å². The largest absolute Gasteiger partial charge is 0.492 e. The zero-order valence-corrected chi connectivity index (χ0v) is 18.0. The van der Waals surface area contributed by atoms with Gasteiger partial charge in [0.15, 0.2) is 0 Å². The maximum Gasteiger partial charge on any atom is 0.240 e. The average Bonchev–Trinajstić information content (AvgIpc) is 3.13. The molecule has 0 bridgehead atoms. The molecule has 1 aliphatic heterocycles. The van der Waals surface area contributed by atoms with E-state index < -0.39 is 0 Å². The van der Waals surface area contributed by atoms with Gasteiger partial charge in [-0.05, 0) is 24.3 Å². The monoisotopic (exact) mass is 420 g/mol. The lowest BCUT2D eigenvalue weighted by atomic mass is 9.92. The van der Waals surface area contributed by atoms with E-state index in [9.17, 15) is 4.79 Å². The third kappa shape index (κ3) is 6.73. The smallest absolute Gasteiger partial charge is 0.240 e. The Bertz CT molecular complexity index is 793. The molecule has 0 aliphatic carbocycles. The molecule has 1 fully saturated rings. The van der Waals surface area contributed by atoms with E-state index in [1.54, 1.807) is 6.07 Å². The lowest BCUT2D eigenvalue weighted by molar-refractivity contribution is -0.117. The standard InChI is InChI=1S/C21H29ClN4O3/c1-21(2,3)18-14-20(29-24-18)23-19(27)15-26-10-8-25(9-11-26)12-13-28-17-6-4-16(22)5-7-17/h4-7,14H,8-13,15H2,1-3H3,(H,23,27). The first-order chi connectivity index (χ1) is 13.8. The van der Waals surface area contributed by atoms with E-state index in [4.69, 9.17) is 20.9 Å². The normalized spacial score (nSPS) is 16.0. The van der Waals surface area contributed by atoms with Gasteiger partial charge in [-0.25, -0.2) is 0 Å². The number of rotatable bonds is 7. The van der Waals surface area contributed by atoms with Gasteiger partial charge in [-0.2, -0.15) is 0 Å². The zero-order chi connectivity index (χ0) is 20.9. The van der Waals surface area contributed by atoms with Gasteiger partial charge in [-0.1, -0.05) is 37.5 Å². The molecule has 1 aromatic carbocycles. The fourth-order valence-corrected chi connectivity index (χ4v) is 3.19. The molecule has 1 saturated heterocycles. The van der Waals surface area contributed by atoms with Crippen molar-refractivity contribution in [3.8, 4) is 5.75 Å². The Hall–Kier alpha value is -2.09. The van der Waals surface area contributed by atoms with Gasteiger partial charge in [-0.15, -0.1) is 0 Å². The molecule has 1 aromatic heterocycles. The van der Waals surface area contributed by atoms with Crippen molar-refractivity contribution < 1.29 is 14.1 Å². The molecule has 1 aliphatic rings. The number of piperazine rings is 1. The summed E-state index contributed by atoms with van der Waals surface area (Å²) < 4.78 is 11.0. The second-order valence-electron chi connectivity index (χ2n) is 8.29. The lowest BCUT2D eigenvalue weighted by Gasteiger charge is -2.34. The highest BCUT2D eigenvalue weighted by atomic mass is 35.5. The van der Waals surface area contributed by atoms with Gasteiger partial charge < -0.3 is 9.26 Å². The summed E-state index contributed by atoms with van der Waals surface area (Å²) in [6, 6.07) is 9.18. The number of aromatic nitrogens is 1. The van der Waals surface area contributed by atoms with Crippen LogP contribution in [0, 0.1) is 0 Å². The van der Waals surface area contributed by atoms with Gasteiger partial charge in [-0.3, -0.25) is 19.9 Å². The summed E-state index contributed by atoms with van der Waals surface area (Å²) in [6.07, 6.45) is 0. The van der Waals surface area contributed by atoms with Crippen molar-refractivity contribution in [2.24, 2.45) is 0 Å². The quantitative estimate of drug-likeness (QED) is 0.741. The minimum Gasteiger partial charge on any atom is -0.492 e. The SMILES string of the molecule is CC(C)(C)c1cc(NC(=O)CN2CCN(CCOc3ccc(Cl)cc3)CC2)on1. The van der Waals surface area contributed by atoms with Gasteiger partial charge >= 0.3 is 0 Å². The predicted octanol–water partition coefficient (Wildman–Crippen LogP) is 3.26. The van der Waals surface area contributed by atoms with Crippen molar-refractivity contribution in [1.82, 2.24) is 15.0 Å². The van der Waals surface area contributed by atoms with Crippen LogP contribution in [-0.2, 0) is 10.2 Å². The number of benzene rings is 1. The molecular weight excluding hydrogens is 392 g/mol. The molecule has 7 nitrogen and oxygen atoms in total. The number of carbonyl (C=O) groups excluding carboxylic acids is 1. The second-order valence-corrected chi connectivity index (χ2v) is 8.73. The van der Waals surface area contributed by atoms with Crippen molar-refractivity contribution >= 4 is 23.4 Å². The van der Waals surface area contributed by atoms with Gasteiger partial charge in [0.2, 0.25) is 11.8 Å². The van der Waals surface area contributed by atoms with Crippen molar-refractivity contribution in [2.45, 2.75) is 26.2 Å². The molecule has 158 valence electrons. The summed E-state index contributed by atoms with van der Waals surface area (Å²) in [5, 5.41) is 7.52. The van der Waals surface area contributed by atoms with Gasteiger partial charge in [0, 0.05) is 49.2 Å². The topological polar surface area (TPSA) is 70.8 Å². The summed E-state index contributed by atoms with van der Waals surface area (Å²) in [6.45, 7) is 11.5. The lowest BCUT2D eigenvalue weighted by Crippen LogP contribution is -2.49. The molecular formula is C21H29ClN4O3. The number of ether oxygens (including phenoxy) is 1. The Morgan fingerprint density at radius 3 is 2.45 bits per heavy atom. The molecule has 0 unspecified atom stereocenters. The molecule has 1 amide bonds. The van der Waals surface area contributed by atoms with Crippen LogP contribution in [-0.4, -0.2) is 66.7 Å². The van der Waals surface area contributed by atoms with Crippen LogP contribution in [0.4, 0.5) is 5.88 Å². The Labute approximate surface area is 176 Å². The fourth-order valence-electron chi connectivity index (χ4n) is 3.06. The summed E-state index contributed by atoms with van der Waals surface area (Å²) in [5.74, 6) is 1.14. The number of carbonyl (C=O) groups is 1. The van der Waals surface area contributed by atoms with Gasteiger partial charge in [0.05, 0.1) is 12.2 Å². The highest BCUT2D eigenvalue weighted by Gasteiger charge is 2.22. The van der Waals surface area contributed by atoms with Crippen LogP contribution in [0.25, 0.3) is 0 Å². The van der Waals surface area contributed by atoms with Crippen molar-refractivity contribution in [1.29, 1.82) is 0 Å². The number of nitrogens with one attached hydrogen (secondary N) is 1. The third-order valence-corrected chi connectivity index (χ3v) is 5.12. The first-order valence-corrected chi connectivity index (χ1v) is 10.3. The number of hydrogen-bond acceptors (Lipinski definition) is 6. The summed E-state index contributed by atoms with van der Waals surface area (Å²) >= 11 is 5.88. The molecule has 8 heteroatoms. The number of nitrogens with zero attached hydrogens (tertiary/aromatic N) is 3. The Kier molecular flexibility index (Phi) is 7.16. The molecule has 3 rings (SSSR count). The first kappa shape index (κ1) is 21.6. The maximum atomic E-state index is 12.3. The molecule has 1 N–H and O–H groups in total. The molecule has 2 heterocycles. The molecule has 0 atom stereocenters. The minimum atomic E-state index is -0.111. The average molecular weight is 421 g/mol. The maximum absolute atomic E-state index is 12.3. The van der Waals surface area contributed by atoms with E-state index >= 15 is 0 Å². The van der Waals surface area contributed by atoms with E-state index in [-0.39, 0.29) is 11.3 Å². The van der Waals surface area contributed by atoms with Crippen LogP contribution in [0.15, 0.2) is 34.9 Å². The van der Waals surface area contributed by atoms with E-state index in [1.807, 2.05) is 24.3 Å². The van der Waals surface area contributed by atoms with Crippen LogP contribution in [0.3, 0.4) is 0 Å². The van der Waals surface area contributed by atoms with E-state index in [0.717, 1.165) is 44.2 Å². The molecule has 29 heavy (non-hydrogen) atoms. The van der Waals surface area contributed by atoms with Crippen LogP contribution in [0.5, 0.6) is 5.75 Å². The number of amides is 1. The van der Waals surface area contributed by atoms with Crippen LogP contribution in [0.2, 0.25) is 5.02 Å². The Morgan fingerprint density at radius 2 is 1.83 bits per heavy atom. The van der Waals surface area contributed by atoms with E-state index in [1.165, 1.54) is 0 Å². The van der Waals surface area contributed by atoms with Crippen molar-refractivity contribution in [2.75, 3.05) is 51.2 Å². The van der Waals surface area contributed by atoms with Crippen molar-refractivity contribution in [3.63, 3.8) is 0 Å². The Morgan fingerprint density at radius 1 is 1.17 bits per heavy atom. The Balaban J connectivity index is 1.34. The number of anilines is 1. The second kappa shape index (κ2) is 9.61. The van der Waals surface area contributed by atoms with Crippen molar-refractivity contribution in [3.05, 3.63) is 41.0 Å². The zero-order valence-electron chi connectivity index (χ0n) is 17.3. The first-order valence-electron chi connectivity index (χ1n) is 9.90. The highest BCUT2D eigenvalue weighted by Crippen LogP contribution is 2.23. The molecule has 2 aromatic rings. The fraction of sp³-hybridized carbons (Fsp3) is 0.524. The summed E-state index contributed by atoms with van der Waals surface area (Å²) in [5.41, 5.74) is 0.710.